The van der Waals surface area contributed by atoms with Gasteiger partial charge in [-0.15, -0.1) is 0 Å². The highest BCUT2D eigenvalue weighted by atomic mass is 16.5. The molecule has 1 aliphatic rings. The van der Waals surface area contributed by atoms with E-state index in [-0.39, 0.29) is 0 Å². The molecule has 0 unspecified atom stereocenters. The quantitative estimate of drug-likeness (QED) is 0.417. The van der Waals surface area contributed by atoms with Gasteiger partial charge in [0.15, 0.2) is 0 Å². The van der Waals surface area contributed by atoms with Crippen LogP contribution in [0.2, 0.25) is 0 Å². The van der Waals surface area contributed by atoms with Crippen molar-refractivity contribution in [1.82, 2.24) is 29.5 Å². The van der Waals surface area contributed by atoms with Crippen molar-refractivity contribution < 1.29 is 4.74 Å². The summed E-state index contributed by atoms with van der Waals surface area (Å²) >= 11 is 0. The second-order valence-electron chi connectivity index (χ2n) is 8.60. The average molecular weight is 467 g/mol. The zero-order valence-electron chi connectivity index (χ0n) is 19.7. The van der Waals surface area contributed by atoms with Gasteiger partial charge < -0.3 is 15.0 Å². The van der Waals surface area contributed by atoms with Crippen molar-refractivity contribution in [1.29, 1.82) is 0 Å². The molecule has 35 heavy (non-hydrogen) atoms. The maximum Gasteiger partial charge on any atom is 0.228 e. The summed E-state index contributed by atoms with van der Waals surface area (Å²) in [5, 5.41) is 13.5. The number of nitrogens with zero attached hydrogens (tertiary/aromatic N) is 7. The van der Waals surface area contributed by atoms with Crippen LogP contribution in [0.3, 0.4) is 0 Å². The van der Waals surface area contributed by atoms with Crippen LogP contribution < -0.4 is 10.2 Å². The Kier molecular flexibility index (Phi) is 5.38. The van der Waals surface area contributed by atoms with Crippen molar-refractivity contribution in [3.8, 4) is 16.9 Å². The molecule has 0 amide bonds. The summed E-state index contributed by atoms with van der Waals surface area (Å²) in [6, 6.07) is 18.4. The molecule has 5 aromatic rings. The SMILES string of the molecule is Cc1nn(C)c2cc(-c3cc(Nc4ccc(-n5cccn5)cc4)nc(N4CCOCC4)n3)ccc12. The summed E-state index contributed by atoms with van der Waals surface area (Å²) in [6.45, 7) is 4.91. The minimum absolute atomic E-state index is 0.672. The van der Waals surface area contributed by atoms with E-state index < -0.39 is 0 Å². The first-order valence-corrected chi connectivity index (χ1v) is 11.7. The molecule has 0 spiro atoms. The molecule has 0 bridgehead atoms. The summed E-state index contributed by atoms with van der Waals surface area (Å²) < 4.78 is 9.29. The Morgan fingerprint density at radius 3 is 2.57 bits per heavy atom. The largest absolute Gasteiger partial charge is 0.378 e. The van der Waals surface area contributed by atoms with Crippen LogP contribution in [0.25, 0.3) is 27.8 Å². The molecule has 1 aliphatic heterocycles. The summed E-state index contributed by atoms with van der Waals surface area (Å²) in [6.07, 6.45) is 3.69. The fraction of sp³-hybridized carbons (Fsp3) is 0.231. The predicted octanol–water partition coefficient (Wildman–Crippen LogP) is 4.10. The molecule has 176 valence electrons. The minimum atomic E-state index is 0.672. The van der Waals surface area contributed by atoms with Crippen molar-refractivity contribution >= 4 is 28.4 Å². The van der Waals surface area contributed by atoms with Crippen LogP contribution in [-0.4, -0.2) is 55.8 Å². The molecular weight excluding hydrogens is 440 g/mol. The highest BCUT2D eigenvalue weighted by Gasteiger charge is 2.17. The lowest BCUT2D eigenvalue weighted by molar-refractivity contribution is 0.122. The van der Waals surface area contributed by atoms with Gasteiger partial charge in [0.25, 0.3) is 0 Å². The molecule has 1 saturated heterocycles. The van der Waals surface area contributed by atoms with Gasteiger partial charge in [-0.2, -0.15) is 15.2 Å². The second-order valence-corrected chi connectivity index (χ2v) is 8.60. The lowest BCUT2D eigenvalue weighted by atomic mass is 10.1. The van der Waals surface area contributed by atoms with Gasteiger partial charge >= 0.3 is 0 Å². The number of hydrogen-bond acceptors (Lipinski definition) is 7. The molecule has 0 aliphatic carbocycles. The van der Waals surface area contributed by atoms with Crippen LogP contribution in [0.1, 0.15) is 5.69 Å². The third-order valence-electron chi connectivity index (χ3n) is 6.25. The number of rotatable bonds is 5. The fourth-order valence-corrected chi connectivity index (χ4v) is 4.42. The normalized spacial score (nSPS) is 13.9. The lowest BCUT2D eigenvalue weighted by Crippen LogP contribution is -2.37. The fourth-order valence-electron chi connectivity index (χ4n) is 4.42. The van der Waals surface area contributed by atoms with Crippen LogP contribution in [0, 0.1) is 6.92 Å². The zero-order chi connectivity index (χ0) is 23.8. The molecule has 1 fully saturated rings. The Balaban J connectivity index is 1.37. The summed E-state index contributed by atoms with van der Waals surface area (Å²) in [5.41, 5.74) is 5.92. The third kappa shape index (κ3) is 4.22. The Labute approximate surface area is 203 Å². The van der Waals surface area contributed by atoms with E-state index in [1.54, 1.807) is 6.20 Å². The first-order chi connectivity index (χ1) is 17.1. The van der Waals surface area contributed by atoms with Gasteiger partial charge in [0.1, 0.15) is 5.82 Å². The van der Waals surface area contributed by atoms with Crippen molar-refractivity contribution in [3.63, 3.8) is 0 Å². The highest BCUT2D eigenvalue weighted by molar-refractivity contribution is 5.86. The van der Waals surface area contributed by atoms with Gasteiger partial charge in [-0.05, 0) is 43.3 Å². The number of aromatic nitrogens is 6. The predicted molar refractivity (Wildman–Crippen MR) is 136 cm³/mol. The summed E-state index contributed by atoms with van der Waals surface area (Å²) in [5.74, 6) is 1.44. The van der Waals surface area contributed by atoms with Crippen LogP contribution in [0.4, 0.5) is 17.5 Å². The number of aryl methyl sites for hydroxylation is 2. The number of fused-ring (bicyclic) bond motifs is 1. The van der Waals surface area contributed by atoms with E-state index in [1.165, 1.54) is 0 Å². The van der Waals surface area contributed by atoms with Crippen LogP contribution in [-0.2, 0) is 11.8 Å². The summed E-state index contributed by atoms with van der Waals surface area (Å²) in [7, 11) is 1.97. The van der Waals surface area contributed by atoms with E-state index >= 15 is 0 Å². The highest BCUT2D eigenvalue weighted by Crippen LogP contribution is 2.29. The van der Waals surface area contributed by atoms with Gasteiger partial charge in [-0.3, -0.25) is 4.68 Å². The standard InChI is InChI=1S/C26H26N8O/c1-18-22-9-4-19(16-24(22)32(2)31-18)23-17-25(30-26(29-23)33-12-14-35-15-13-33)28-20-5-7-21(8-6-20)34-11-3-10-27-34/h3-11,16-17H,12-15H2,1-2H3,(H,28,29,30). The molecule has 2 aromatic carbocycles. The smallest absolute Gasteiger partial charge is 0.228 e. The van der Waals surface area contributed by atoms with Crippen molar-refractivity contribution in [2.45, 2.75) is 6.92 Å². The Bertz CT molecular complexity index is 1470. The Morgan fingerprint density at radius 2 is 1.80 bits per heavy atom. The van der Waals surface area contributed by atoms with Crippen molar-refractivity contribution in [2.24, 2.45) is 7.05 Å². The molecule has 9 nitrogen and oxygen atoms in total. The van der Waals surface area contributed by atoms with E-state index in [0.717, 1.165) is 58.1 Å². The van der Waals surface area contributed by atoms with Gasteiger partial charge in [0.05, 0.1) is 35.8 Å². The number of morpholine rings is 1. The number of anilines is 3. The molecule has 0 radical (unpaired) electrons. The van der Waals surface area contributed by atoms with Gasteiger partial charge in [0, 0.05) is 55.2 Å². The second kappa shape index (κ2) is 8.84. The van der Waals surface area contributed by atoms with E-state index in [1.807, 2.05) is 65.9 Å². The lowest BCUT2D eigenvalue weighted by Gasteiger charge is -2.27. The van der Waals surface area contributed by atoms with Crippen LogP contribution in [0.5, 0.6) is 0 Å². The van der Waals surface area contributed by atoms with E-state index in [2.05, 4.69) is 38.6 Å². The first kappa shape index (κ1) is 21.3. The molecule has 3 aromatic heterocycles. The topological polar surface area (TPSA) is 85.9 Å². The van der Waals surface area contributed by atoms with E-state index in [9.17, 15) is 0 Å². The first-order valence-electron chi connectivity index (χ1n) is 11.7. The molecule has 0 saturated carbocycles. The number of ether oxygens (including phenoxy) is 1. The molecule has 4 heterocycles. The Morgan fingerprint density at radius 1 is 0.971 bits per heavy atom. The van der Waals surface area contributed by atoms with E-state index in [0.29, 0.717) is 19.2 Å². The monoisotopic (exact) mass is 466 g/mol. The summed E-state index contributed by atoms with van der Waals surface area (Å²) in [4.78, 5) is 12.0. The zero-order valence-corrected chi connectivity index (χ0v) is 19.7. The average Bonchev–Trinajstić information content (AvgIpc) is 3.53. The maximum absolute atomic E-state index is 5.54. The number of hydrogen-bond donors (Lipinski definition) is 1. The van der Waals surface area contributed by atoms with Crippen molar-refractivity contribution in [2.75, 3.05) is 36.5 Å². The van der Waals surface area contributed by atoms with Gasteiger partial charge in [0.2, 0.25) is 5.95 Å². The van der Waals surface area contributed by atoms with E-state index in [4.69, 9.17) is 14.7 Å². The molecule has 0 atom stereocenters. The molecular formula is C26H26N8O. The molecule has 6 rings (SSSR count). The minimum Gasteiger partial charge on any atom is -0.378 e. The van der Waals surface area contributed by atoms with Gasteiger partial charge in [-0.1, -0.05) is 12.1 Å². The van der Waals surface area contributed by atoms with Crippen LogP contribution >= 0.6 is 0 Å². The van der Waals surface area contributed by atoms with Crippen LogP contribution in [0.15, 0.2) is 67.0 Å². The molecule has 9 heteroatoms. The Hall–Kier alpha value is -4.24. The number of benzene rings is 2. The van der Waals surface area contributed by atoms with Gasteiger partial charge in [-0.25, -0.2) is 9.67 Å². The number of nitrogens with one attached hydrogen (secondary N) is 1. The molecule has 1 N–H and O–H groups in total. The third-order valence-corrected chi connectivity index (χ3v) is 6.25. The maximum atomic E-state index is 5.54. The van der Waals surface area contributed by atoms with Crippen molar-refractivity contribution in [3.05, 3.63) is 72.7 Å².